The van der Waals surface area contributed by atoms with Crippen LogP contribution in [0.15, 0.2) is 34.8 Å². The first-order valence-corrected chi connectivity index (χ1v) is 4.74. The second-order valence-electron chi connectivity index (χ2n) is 2.55. The van der Waals surface area contributed by atoms with Crippen LogP contribution in [0.5, 0.6) is 0 Å². The Morgan fingerprint density at radius 3 is 2.75 bits per heavy atom. The monoisotopic (exact) mass is 239 g/mol. The lowest BCUT2D eigenvalue weighted by Gasteiger charge is -1.97. The fourth-order valence-corrected chi connectivity index (χ4v) is 1.66. The molecule has 0 amide bonds. The van der Waals surface area contributed by atoms with Gasteiger partial charge in [0, 0.05) is 9.99 Å². The van der Waals surface area contributed by atoms with Crippen LogP contribution in [0.2, 0.25) is 0 Å². The third-order valence-corrected chi connectivity index (χ3v) is 2.42. The summed E-state index contributed by atoms with van der Waals surface area (Å²) in [6.07, 6.45) is 0. The minimum Gasteiger partial charge on any atom is -0.346 e. The molecule has 3 heteroatoms. The number of benzene rings is 1. The number of aromatic nitrogens is 1. The standard InChI is InChI=1S/C9H6BrNS/c10-7-3-1-6-2-4-9(12)11-8(6)5-7/h1-5H,(H,11,12). The summed E-state index contributed by atoms with van der Waals surface area (Å²) in [5.74, 6) is 0. The molecule has 0 spiro atoms. The van der Waals surface area contributed by atoms with Crippen LogP contribution in [0.1, 0.15) is 0 Å². The second kappa shape index (κ2) is 2.99. The molecule has 0 unspecified atom stereocenters. The number of hydrogen-bond acceptors (Lipinski definition) is 1. The van der Waals surface area contributed by atoms with E-state index in [0.717, 1.165) is 14.6 Å². The van der Waals surface area contributed by atoms with Crippen LogP contribution in [0.25, 0.3) is 10.9 Å². The number of hydrogen-bond donors (Lipinski definition) is 1. The first-order valence-electron chi connectivity index (χ1n) is 3.54. The van der Waals surface area contributed by atoms with E-state index in [2.05, 4.69) is 20.9 Å². The Morgan fingerprint density at radius 2 is 1.92 bits per heavy atom. The van der Waals surface area contributed by atoms with Crippen molar-refractivity contribution >= 4 is 39.1 Å². The van der Waals surface area contributed by atoms with Crippen molar-refractivity contribution in [3.63, 3.8) is 0 Å². The highest BCUT2D eigenvalue weighted by Gasteiger charge is 1.92. The van der Waals surface area contributed by atoms with Gasteiger partial charge in [-0.2, -0.15) is 0 Å². The summed E-state index contributed by atoms with van der Waals surface area (Å²) in [5.41, 5.74) is 1.07. The Kier molecular flexibility index (Phi) is 1.98. The number of fused-ring (bicyclic) bond motifs is 1. The molecule has 0 saturated heterocycles. The lowest BCUT2D eigenvalue weighted by atomic mass is 10.2. The van der Waals surface area contributed by atoms with Crippen molar-refractivity contribution in [3.8, 4) is 0 Å². The van der Waals surface area contributed by atoms with E-state index in [1.54, 1.807) is 0 Å². The van der Waals surface area contributed by atoms with Crippen molar-refractivity contribution < 1.29 is 0 Å². The van der Waals surface area contributed by atoms with Crippen molar-refractivity contribution in [2.75, 3.05) is 0 Å². The van der Waals surface area contributed by atoms with E-state index < -0.39 is 0 Å². The summed E-state index contributed by atoms with van der Waals surface area (Å²) in [5, 5.41) is 1.17. The second-order valence-corrected chi connectivity index (χ2v) is 3.91. The molecule has 12 heavy (non-hydrogen) atoms. The Bertz CT molecular complexity index is 475. The van der Waals surface area contributed by atoms with Gasteiger partial charge >= 0.3 is 0 Å². The molecule has 0 aliphatic heterocycles. The highest BCUT2D eigenvalue weighted by molar-refractivity contribution is 9.10. The quantitative estimate of drug-likeness (QED) is 0.695. The smallest absolute Gasteiger partial charge is 0.103 e. The molecule has 2 rings (SSSR count). The molecule has 0 bridgehead atoms. The molecular formula is C9H6BrNS. The maximum atomic E-state index is 5.01. The lowest BCUT2D eigenvalue weighted by molar-refractivity contribution is 1.37. The highest BCUT2D eigenvalue weighted by Crippen LogP contribution is 2.17. The summed E-state index contributed by atoms with van der Waals surface area (Å²) in [7, 11) is 0. The topological polar surface area (TPSA) is 15.8 Å². The van der Waals surface area contributed by atoms with Gasteiger partial charge in [-0.3, -0.25) is 0 Å². The molecule has 0 aliphatic rings. The summed E-state index contributed by atoms with van der Waals surface area (Å²) in [6, 6.07) is 9.99. The third kappa shape index (κ3) is 1.42. The summed E-state index contributed by atoms with van der Waals surface area (Å²) >= 11 is 8.41. The third-order valence-electron chi connectivity index (χ3n) is 1.69. The number of halogens is 1. The molecule has 0 aliphatic carbocycles. The van der Waals surface area contributed by atoms with Crippen molar-refractivity contribution in [1.29, 1.82) is 0 Å². The van der Waals surface area contributed by atoms with Gasteiger partial charge in [-0.05, 0) is 29.7 Å². The van der Waals surface area contributed by atoms with E-state index in [0.29, 0.717) is 0 Å². The SMILES string of the molecule is S=c1ccc2ccc(Br)cc2[nH]1. The molecule has 1 heterocycles. The van der Waals surface area contributed by atoms with Gasteiger partial charge in [0.15, 0.2) is 0 Å². The Balaban J connectivity index is 2.89. The molecule has 0 atom stereocenters. The molecule has 1 aromatic heterocycles. The molecule has 0 saturated carbocycles. The highest BCUT2D eigenvalue weighted by atomic mass is 79.9. The normalized spacial score (nSPS) is 10.4. The largest absolute Gasteiger partial charge is 0.346 e. The van der Waals surface area contributed by atoms with E-state index in [-0.39, 0.29) is 0 Å². The van der Waals surface area contributed by atoms with Crippen molar-refractivity contribution in [2.24, 2.45) is 0 Å². The Hall–Kier alpha value is -0.670. The molecule has 0 radical (unpaired) electrons. The van der Waals surface area contributed by atoms with Crippen molar-refractivity contribution in [2.45, 2.75) is 0 Å². The van der Waals surface area contributed by atoms with Crippen LogP contribution in [0, 0.1) is 4.64 Å². The summed E-state index contributed by atoms with van der Waals surface area (Å²) in [6.45, 7) is 0. The van der Waals surface area contributed by atoms with E-state index in [1.165, 1.54) is 5.39 Å². The maximum Gasteiger partial charge on any atom is 0.103 e. The maximum absolute atomic E-state index is 5.01. The molecule has 1 aromatic carbocycles. The summed E-state index contributed by atoms with van der Waals surface area (Å²) < 4.78 is 1.83. The van der Waals surface area contributed by atoms with Crippen molar-refractivity contribution in [1.82, 2.24) is 4.98 Å². The van der Waals surface area contributed by atoms with Crippen LogP contribution >= 0.6 is 28.1 Å². The van der Waals surface area contributed by atoms with Gasteiger partial charge in [-0.1, -0.05) is 34.2 Å². The first kappa shape index (κ1) is 7.95. The number of H-pyrrole nitrogens is 1. The number of pyridine rings is 1. The fourth-order valence-electron chi connectivity index (χ4n) is 1.12. The van der Waals surface area contributed by atoms with Crippen molar-refractivity contribution in [3.05, 3.63) is 39.4 Å². The van der Waals surface area contributed by atoms with Crippen LogP contribution in [0.3, 0.4) is 0 Å². The molecule has 1 nitrogen and oxygen atoms in total. The average Bonchev–Trinajstić information content (AvgIpc) is 2.03. The zero-order valence-electron chi connectivity index (χ0n) is 6.17. The van der Waals surface area contributed by atoms with E-state index >= 15 is 0 Å². The Labute approximate surface area is 83.6 Å². The summed E-state index contributed by atoms with van der Waals surface area (Å²) in [4.78, 5) is 3.12. The molecule has 2 aromatic rings. The number of aromatic amines is 1. The van der Waals surface area contributed by atoms with Crippen LogP contribution in [-0.2, 0) is 0 Å². The zero-order valence-corrected chi connectivity index (χ0v) is 8.58. The van der Waals surface area contributed by atoms with E-state index in [4.69, 9.17) is 12.2 Å². The predicted molar refractivity (Wildman–Crippen MR) is 56.8 cm³/mol. The fraction of sp³-hybridized carbons (Fsp3) is 0. The van der Waals surface area contributed by atoms with Crippen LogP contribution in [0.4, 0.5) is 0 Å². The zero-order chi connectivity index (χ0) is 8.55. The average molecular weight is 240 g/mol. The Morgan fingerprint density at radius 1 is 1.17 bits per heavy atom. The van der Waals surface area contributed by atoms with Gasteiger partial charge < -0.3 is 4.98 Å². The van der Waals surface area contributed by atoms with Crippen LogP contribution < -0.4 is 0 Å². The molecule has 1 N–H and O–H groups in total. The van der Waals surface area contributed by atoms with Gasteiger partial charge in [0.2, 0.25) is 0 Å². The molecular weight excluding hydrogens is 234 g/mol. The number of nitrogens with one attached hydrogen (secondary N) is 1. The van der Waals surface area contributed by atoms with Gasteiger partial charge in [0.25, 0.3) is 0 Å². The van der Waals surface area contributed by atoms with Gasteiger partial charge in [-0.25, -0.2) is 0 Å². The van der Waals surface area contributed by atoms with E-state index in [9.17, 15) is 0 Å². The van der Waals surface area contributed by atoms with E-state index in [1.807, 2.05) is 30.3 Å². The minimum absolute atomic E-state index is 0.764. The van der Waals surface area contributed by atoms with Gasteiger partial charge in [0.05, 0.1) is 0 Å². The van der Waals surface area contributed by atoms with Gasteiger partial charge in [0.1, 0.15) is 4.64 Å². The minimum atomic E-state index is 0.764. The number of rotatable bonds is 0. The molecule has 0 fully saturated rings. The first-order chi connectivity index (χ1) is 5.75. The van der Waals surface area contributed by atoms with Crippen LogP contribution in [-0.4, -0.2) is 4.98 Å². The molecule has 60 valence electrons. The lowest BCUT2D eigenvalue weighted by Crippen LogP contribution is -1.78. The predicted octanol–water partition coefficient (Wildman–Crippen LogP) is 3.66. The van der Waals surface area contributed by atoms with Gasteiger partial charge in [-0.15, -0.1) is 0 Å².